The van der Waals surface area contributed by atoms with Gasteiger partial charge in [0, 0.05) is 19.3 Å². The Hall–Kier alpha value is -2.14. The second-order valence-corrected chi connectivity index (χ2v) is 5.71. The molecule has 0 aliphatic heterocycles. The standard InChI is InChI=1S/C17H21ClN4O/c1-5-22(6-2)16(23)14-7-8-19-17(20-14)21-15-12(4)9-11(3)10-13(15)18/h7-10H,5-6H2,1-4H3,(H,19,20,21). The fourth-order valence-corrected chi connectivity index (χ4v) is 2.77. The average molecular weight is 333 g/mol. The first-order chi connectivity index (χ1) is 11.0. The number of amides is 1. The van der Waals surface area contributed by atoms with Crippen molar-refractivity contribution in [2.75, 3.05) is 18.4 Å². The van der Waals surface area contributed by atoms with Crippen LogP contribution in [-0.2, 0) is 0 Å². The average Bonchev–Trinajstić information content (AvgIpc) is 2.52. The van der Waals surface area contributed by atoms with Crippen LogP contribution >= 0.6 is 11.6 Å². The number of carbonyl (C=O) groups excluding carboxylic acids is 1. The van der Waals surface area contributed by atoms with Crippen LogP contribution in [0.4, 0.5) is 11.6 Å². The van der Waals surface area contributed by atoms with Crippen molar-refractivity contribution in [2.45, 2.75) is 27.7 Å². The summed E-state index contributed by atoms with van der Waals surface area (Å²) in [4.78, 5) is 22.6. The molecule has 122 valence electrons. The van der Waals surface area contributed by atoms with Crippen molar-refractivity contribution < 1.29 is 4.79 Å². The van der Waals surface area contributed by atoms with Gasteiger partial charge in [-0.2, -0.15) is 0 Å². The second-order valence-electron chi connectivity index (χ2n) is 5.31. The number of anilines is 2. The first-order valence-corrected chi connectivity index (χ1v) is 8.00. The van der Waals surface area contributed by atoms with Gasteiger partial charge in [-0.25, -0.2) is 9.97 Å². The van der Waals surface area contributed by atoms with E-state index in [-0.39, 0.29) is 5.91 Å². The summed E-state index contributed by atoms with van der Waals surface area (Å²) in [5, 5.41) is 3.72. The Bertz CT molecular complexity index is 690. The van der Waals surface area contributed by atoms with E-state index in [4.69, 9.17) is 11.6 Å². The third-order valence-electron chi connectivity index (χ3n) is 3.59. The maximum Gasteiger partial charge on any atom is 0.272 e. The number of aryl methyl sites for hydroxylation is 2. The maximum absolute atomic E-state index is 12.4. The molecule has 5 nitrogen and oxygen atoms in total. The van der Waals surface area contributed by atoms with Gasteiger partial charge in [-0.1, -0.05) is 17.7 Å². The zero-order chi connectivity index (χ0) is 17.0. The van der Waals surface area contributed by atoms with E-state index in [1.54, 1.807) is 17.2 Å². The number of halogens is 1. The summed E-state index contributed by atoms with van der Waals surface area (Å²) in [6, 6.07) is 5.52. The number of aromatic nitrogens is 2. The molecule has 6 heteroatoms. The topological polar surface area (TPSA) is 58.1 Å². The van der Waals surface area contributed by atoms with Gasteiger partial charge in [-0.3, -0.25) is 4.79 Å². The van der Waals surface area contributed by atoms with Gasteiger partial charge >= 0.3 is 0 Å². The van der Waals surface area contributed by atoms with E-state index < -0.39 is 0 Å². The van der Waals surface area contributed by atoms with E-state index in [9.17, 15) is 4.79 Å². The van der Waals surface area contributed by atoms with Crippen LogP contribution in [0.2, 0.25) is 5.02 Å². The fourth-order valence-electron chi connectivity index (χ4n) is 2.40. The Kier molecular flexibility index (Phi) is 5.55. The monoisotopic (exact) mass is 332 g/mol. The molecule has 0 radical (unpaired) electrons. The first kappa shape index (κ1) is 17.2. The number of carbonyl (C=O) groups is 1. The van der Waals surface area contributed by atoms with Crippen molar-refractivity contribution in [1.82, 2.24) is 14.9 Å². The summed E-state index contributed by atoms with van der Waals surface area (Å²) in [6.45, 7) is 9.12. The Labute approximate surface area is 141 Å². The predicted octanol–water partition coefficient (Wildman–Crippen LogP) is 3.97. The zero-order valence-electron chi connectivity index (χ0n) is 13.9. The van der Waals surface area contributed by atoms with E-state index in [2.05, 4.69) is 15.3 Å². The first-order valence-electron chi connectivity index (χ1n) is 7.62. The predicted molar refractivity (Wildman–Crippen MR) is 93.5 cm³/mol. The van der Waals surface area contributed by atoms with E-state index in [1.165, 1.54) is 0 Å². The third kappa shape index (κ3) is 3.99. The van der Waals surface area contributed by atoms with Crippen LogP contribution in [0.3, 0.4) is 0 Å². The smallest absolute Gasteiger partial charge is 0.272 e. The van der Waals surface area contributed by atoms with Crippen LogP contribution in [0.5, 0.6) is 0 Å². The molecule has 0 unspecified atom stereocenters. The van der Waals surface area contributed by atoms with Gasteiger partial charge in [0.15, 0.2) is 0 Å². The van der Waals surface area contributed by atoms with Crippen LogP contribution in [0.1, 0.15) is 35.5 Å². The highest BCUT2D eigenvalue weighted by molar-refractivity contribution is 6.33. The van der Waals surface area contributed by atoms with E-state index in [0.29, 0.717) is 29.8 Å². The largest absolute Gasteiger partial charge is 0.338 e. The van der Waals surface area contributed by atoms with Crippen LogP contribution < -0.4 is 5.32 Å². The van der Waals surface area contributed by atoms with Crippen molar-refractivity contribution in [1.29, 1.82) is 0 Å². The second kappa shape index (κ2) is 7.42. The van der Waals surface area contributed by atoms with Gasteiger partial charge in [-0.05, 0) is 51.0 Å². The highest BCUT2D eigenvalue weighted by Crippen LogP contribution is 2.29. The van der Waals surface area contributed by atoms with Crippen LogP contribution in [-0.4, -0.2) is 33.9 Å². The van der Waals surface area contributed by atoms with Crippen molar-refractivity contribution in [3.8, 4) is 0 Å². The summed E-state index contributed by atoms with van der Waals surface area (Å²) in [5.41, 5.74) is 3.21. The molecule has 0 saturated heterocycles. The molecular weight excluding hydrogens is 312 g/mol. The number of rotatable bonds is 5. The summed E-state index contributed by atoms with van der Waals surface area (Å²) in [7, 11) is 0. The minimum absolute atomic E-state index is 0.104. The van der Waals surface area contributed by atoms with Gasteiger partial charge in [0.2, 0.25) is 5.95 Å². The van der Waals surface area contributed by atoms with Gasteiger partial charge in [-0.15, -0.1) is 0 Å². The molecule has 1 N–H and O–H groups in total. The fraction of sp³-hybridized carbons (Fsp3) is 0.353. The molecule has 0 aliphatic carbocycles. The SMILES string of the molecule is CCN(CC)C(=O)c1ccnc(Nc2c(C)cc(C)cc2Cl)n1. The Morgan fingerprint density at radius 2 is 1.96 bits per heavy atom. The van der Waals surface area contributed by atoms with E-state index >= 15 is 0 Å². The molecule has 0 fully saturated rings. The number of nitrogens with zero attached hydrogens (tertiary/aromatic N) is 3. The molecule has 1 amide bonds. The van der Waals surface area contributed by atoms with Crippen LogP contribution in [0.15, 0.2) is 24.4 Å². The maximum atomic E-state index is 12.4. The number of benzene rings is 1. The Morgan fingerprint density at radius 1 is 1.26 bits per heavy atom. The summed E-state index contributed by atoms with van der Waals surface area (Å²) < 4.78 is 0. The lowest BCUT2D eigenvalue weighted by Crippen LogP contribution is -2.31. The van der Waals surface area contributed by atoms with Crippen molar-refractivity contribution in [3.63, 3.8) is 0 Å². The molecule has 0 aliphatic rings. The molecule has 0 spiro atoms. The van der Waals surface area contributed by atoms with Crippen molar-refractivity contribution >= 4 is 29.1 Å². The lowest BCUT2D eigenvalue weighted by Gasteiger charge is -2.18. The molecule has 1 aromatic carbocycles. The highest BCUT2D eigenvalue weighted by Gasteiger charge is 2.15. The number of nitrogens with one attached hydrogen (secondary N) is 1. The normalized spacial score (nSPS) is 10.5. The van der Waals surface area contributed by atoms with Crippen LogP contribution in [0.25, 0.3) is 0 Å². The molecule has 2 aromatic rings. The Balaban J connectivity index is 2.29. The Morgan fingerprint density at radius 3 is 2.57 bits per heavy atom. The minimum Gasteiger partial charge on any atom is -0.338 e. The van der Waals surface area contributed by atoms with Crippen LogP contribution in [0, 0.1) is 13.8 Å². The lowest BCUT2D eigenvalue weighted by molar-refractivity contribution is 0.0767. The van der Waals surface area contributed by atoms with Gasteiger partial charge < -0.3 is 10.2 Å². The summed E-state index contributed by atoms with van der Waals surface area (Å²) in [6.07, 6.45) is 1.57. The summed E-state index contributed by atoms with van der Waals surface area (Å²) >= 11 is 6.29. The van der Waals surface area contributed by atoms with Gasteiger partial charge in [0.25, 0.3) is 5.91 Å². The van der Waals surface area contributed by atoms with Gasteiger partial charge in [0.05, 0.1) is 10.7 Å². The highest BCUT2D eigenvalue weighted by atomic mass is 35.5. The van der Waals surface area contributed by atoms with E-state index in [0.717, 1.165) is 16.8 Å². The molecule has 0 atom stereocenters. The van der Waals surface area contributed by atoms with E-state index in [1.807, 2.05) is 39.8 Å². The van der Waals surface area contributed by atoms with Gasteiger partial charge in [0.1, 0.15) is 5.69 Å². The van der Waals surface area contributed by atoms with Crippen molar-refractivity contribution in [2.24, 2.45) is 0 Å². The molecule has 1 heterocycles. The third-order valence-corrected chi connectivity index (χ3v) is 3.89. The molecule has 23 heavy (non-hydrogen) atoms. The number of hydrogen-bond donors (Lipinski definition) is 1. The molecule has 2 rings (SSSR count). The number of hydrogen-bond acceptors (Lipinski definition) is 4. The zero-order valence-corrected chi connectivity index (χ0v) is 14.6. The van der Waals surface area contributed by atoms with Crippen molar-refractivity contribution in [3.05, 3.63) is 46.2 Å². The summed E-state index contributed by atoms with van der Waals surface area (Å²) in [5.74, 6) is 0.254. The lowest BCUT2D eigenvalue weighted by atomic mass is 10.1. The molecule has 1 aromatic heterocycles. The quantitative estimate of drug-likeness (QED) is 0.900. The molecular formula is C17H21ClN4O. The molecule has 0 bridgehead atoms. The minimum atomic E-state index is -0.104. The molecule has 0 saturated carbocycles.